The lowest BCUT2D eigenvalue weighted by atomic mass is 9.96. The lowest BCUT2D eigenvalue weighted by molar-refractivity contribution is 0.118. The summed E-state index contributed by atoms with van der Waals surface area (Å²) in [4.78, 5) is 0. The second-order valence-corrected chi connectivity index (χ2v) is 3.15. The van der Waals surface area contributed by atoms with Crippen LogP contribution in [-0.4, -0.2) is 12.2 Å². The molecule has 0 fully saturated rings. The molecule has 1 atom stereocenters. The van der Waals surface area contributed by atoms with Crippen LogP contribution in [0, 0.1) is 11.8 Å². The highest BCUT2D eigenvalue weighted by Gasteiger charge is 2.23. The van der Waals surface area contributed by atoms with Crippen molar-refractivity contribution in [2.24, 2.45) is 0 Å². The molecule has 0 aliphatic rings. The highest BCUT2D eigenvalue weighted by molar-refractivity contribution is 5.42. The van der Waals surface area contributed by atoms with E-state index in [1.54, 1.807) is 27.0 Å². The van der Waals surface area contributed by atoms with E-state index in [0.29, 0.717) is 11.3 Å². The monoisotopic (exact) mass is 190 g/mol. The van der Waals surface area contributed by atoms with Crippen LogP contribution in [0.15, 0.2) is 24.3 Å². The molecule has 1 aromatic carbocycles. The second kappa shape index (κ2) is 4.17. The first-order valence-electron chi connectivity index (χ1n) is 4.41. The zero-order chi connectivity index (χ0) is 10.6. The zero-order valence-electron chi connectivity index (χ0n) is 8.66. The summed E-state index contributed by atoms with van der Waals surface area (Å²) < 4.78 is 5.15. The number of ether oxygens (including phenoxy) is 1. The third kappa shape index (κ3) is 2.07. The molecule has 0 bridgehead atoms. The van der Waals surface area contributed by atoms with Gasteiger partial charge in [0.2, 0.25) is 0 Å². The van der Waals surface area contributed by atoms with Gasteiger partial charge in [0.15, 0.2) is 5.60 Å². The third-order valence-electron chi connectivity index (χ3n) is 2.00. The van der Waals surface area contributed by atoms with Gasteiger partial charge in [-0.2, -0.15) is 0 Å². The van der Waals surface area contributed by atoms with Crippen molar-refractivity contribution >= 4 is 0 Å². The van der Waals surface area contributed by atoms with Crippen LogP contribution < -0.4 is 4.74 Å². The van der Waals surface area contributed by atoms with E-state index >= 15 is 0 Å². The maximum Gasteiger partial charge on any atom is 0.151 e. The zero-order valence-corrected chi connectivity index (χ0v) is 8.66. The van der Waals surface area contributed by atoms with Crippen molar-refractivity contribution in [3.8, 4) is 17.6 Å². The van der Waals surface area contributed by atoms with Crippen molar-refractivity contribution in [3.63, 3.8) is 0 Å². The van der Waals surface area contributed by atoms with Gasteiger partial charge in [0.05, 0.1) is 7.11 Å². The van der Waals surface area contributed by atoms with E-state index in [-0.39, 0.29) is 0 Å². The Morgan fingerprint density at radius 1 is 1.36 bits per heavy atom. The Bertz CT molecular complexity index is 369. The Hall–Kier alpha value is -1.46. The summed E-state index contributed by atoms with van der Waals surface area (Å²) in [6.45, 7) is 3.35. The summed E-state index contributed by atoms with van der Waals surface area (Å²) in [7, 11) is 1.58. The molecule has 0 aromatic heterocycles. The van der Waals surface area contributed by atoms with Gasteiger partial charge in [-0.3, -0.25) is 0 Å². The van der Waals surface area contributed by atoms with Crippen LogP contribution in [0.2, 0.25) is 0 Å². The molecule has 74 valence electrons. The van der Waals surface area contributed by atoms with Crippen molar-refractivity contribution in [2.45, 2.75) is 19.4 Å². The summed E-state index contributed by atoms with van der Waals surface area (Å²) in [5, 5.41) is 10.0. The van der Waals surface area contributed by atoms with E-state index in [1.807, 2.05) is 18.2 Å². The average Bonchev–Trinajstić information content (AvgIpc) is 2.18. The molecule has 2 heteroatoms. The Kier molecular flexibility index (Phi) is 3.16. The summed E-state index contributed by atoms with van der Waals surface area (Å²) >= 11 is 0. The second-order valence-electron chi connectivity index (χ2n) is 3.15. The number of hydrogen-bond acceptors (Lipinski definition) is 2. The summed E-state index contributed by atoms with van der Waals surface area (Å²) in [6, 6.07) is 7.33. The first-order chi connectivity index (χ1) is 6.61. The lowest BCUT2D eigenvalue weighted by Gasteiger charge is -2.19. The van der Waals surface area contributed by atoms with Gasteiger partial charge in [0.25, 0.3) is 0 Å². The molecule has 1 aromatic rings. The van der Waals surface area contributed by atoms with E-state index in [0.717, 1.165) is 0 Å². The van der Waals surface area contributed by atoms with E-state index in [1.165, 1.54) is 0 Å². The normalized spacial score (nSPS) is 13.7. The van der Waals surface area contributed by atoms with E-state index < -0.39 is 5.60 Å². The lowest BCUT2D eigenvalue weighted by Crippen LogP contribution is -2.19. The van der Waals surface area contributed by atoms with Crippen LogP contribution in [0.1, 0.15) is 19.4 Å². The SMILES string of the molecule is CC#CC(C)(O)c1ccccc1OC. The molecule has 1 unspecified atom stereocenters. The van der Waals surface area contributed by atoms with Crippen LogP contribution in [0.4, 0.5) is 0 Å². The van der Waals surface area contributed by atoms with Gasteiger partial charge in [-0.05, 0) is 19.9 Å². The number of aliphatic hydroxyl groups is 1. The fourth-order valence-electron chi connectivity index (χ4n) is 1.36. The van der Waals surface area contributed by atoms with E-state index in [4.69, 9.17) is 4.74 Å². The largest absolute Gasteiger partial charge is 0.496 e. The molecule has 2 nitrogen and oxygen atoms in total. The average molecular weight is 190 g/mol. The van der Waals surface area contributed by atoms with E-state index in [9.17, 15) is 5.11 Å². The quantitative estimate of drug-likeness (QED) is 0.722. The molecule has 14 heavy (non-hydrogen) atoms. The van der Waals surface area contributed by atoms with Gasteiger partial charge >= 0.3 is 0 Å². The minimum Gasteiger partial charge on any atom is -0.496 e. The standard InChI is InChI=1S/C12H14O2/c1-4-9-12(2,13)10-7-5-6-8-11(10)14-3/h5-8,13H,1-3H3. The molecule has 0 spiro atoms. The topological polar surface area (TPSA) is 29.5 Å². The predicted octanol–water partition coefficient (Wildman–Crippen LogP) is 1.93. The molecule has 0 saturated carbocycles. The molecule has 1 rings (SSSR count). The maximum atomic E-state index is 10.0. The minimum absolute atomic E-state index is 0.653. The molecular formula is C12H14O2. The van der Waals surface area contributed by atoms with E-state index in [2.05, 4.69) is 11.8 Å². The maximum absolute atomic E-state index is 10.0. The molecule has 0 amide bonds. The molecule has 0 aliphatic heterocycles. The highest BCUT2D eigenvalue weighted by atomic mass is 16.5. The Morgan fingerprint density at radius 2 is 2.00 bits per heavy atom. The van der Waals surface area contributed by atoms with Crippen LogP contribution in [0.5, 0.6) is 5.75 Å². The molecule has 1 N–H and O–H groups in total. The fraction of sp³-hybridized carbons (Fsp3) is 0.333. The van der Waals surface area contributed by atoms with Crippen LogP contribution >= 0.6 is 0 Å². The minimum atomic E-state index is -1.15. The van der Waals surface area contributed by atoms with Crippen molar-refractivity contribution in [2.75, 3.05) is 7.11 Å². The van der Waals surface area contributed by atoms with Crippen molar-refractivity contribution in [1.29, 1.82) is 0 Å². The van der Waals surface area contributed by atoms with Crippen molar-refractivity contribution < 1.29 is 9.84 Å². The Labute approximate surface area is 84.5 Å². The number of rotatable bonds is 2. The van der Waals surface area contributed by atoms with Gasteiger partial charge in [-0.15, -0.1) is 5.92 Å². The van der Waals surface area contributed by atoms with Gasteiger partial charge < -0.3 is 9.84 Å². The van der Waals surface area contributed by atoms with Crippen LogP contribution in [-0.2, 0) is 5.60 Å². The third-order valence-corrected chi connectivity index (χ3v) is 2.00. The molecule has 0 heterocycles. The smallest absolute Gasteiger partial charge is 0.151 e. The van der Waals surface area contributed by atoms with Gasteiger partial charge in [-0.1, -0.05) is 24.1 Å². The summed E-state index contributed by atoms with van der Waals surface area (Å²) in [6.07, 6.45) is 0. The van der Waals surface area contributed by atoms with Crippen molar-refractivity contribution in [3.05, 3.63) is 29.8 Å². The first-order valence-corrected chi connectivity index (χ1v) is 4.41. The molecule has 0 radical (unpaired) electrons. The number of methoxy groups -OCH3 is 1. The van der Waals surface area contributed by atoms with Gasteiger partial charge in [0.1, 0.15) is 5.75 Å². The molecule has 0 saturated heterocycles. The first kappa shape index (κ1) is 10.6. The van der Waals surface area contributed by atoms with Crippen molar-refractivity contribution in [1.82, 2.24) is 0 Å². The summed E-state index contributed by atoms with van der Waals surface area (Å²) in [5.41, 5.74) is -0.460. The van der Waals surface area contributed by atoms with Crippen LogP contribution in [0.3, 0.4) is 0 Å². The predicted molar refractivity (Wildman–Crippen MR) is 56.0 cm³/mol. The van der Waals surface area contributed by atoms with Crippen LogP contribution in [0.25, 0.3) is 0 Å². The summed E-state index contributed by atoms with van der Waals surface area (Å²) in [5.74, 6) is 6.09. The Morgan fingerprint density at radius 3 is 2.57 bits per heavy atom. The molecule has 0 aliphatic carbocycles. The van der Waals surface area contributed by atoms with Gasteiger partial charge in [-0.25, -0.2) is 0 Å². The number of benzene rings is 1. The Balaban J connectivity index is 3.21. The number of para-hydroxylation sites is 1. The fourth-order valence-corrected chi connectivity index (χ4v) is 1.36. The molecular weight excluding hydrogens is 176 g/mol. The van der Waals surface area contributed by atoms with Gasteiger partial charge in [0, 0.05) is 5.56 Å². The number of hydrogen-bond donors (Lipinski definition) is 1. The highest BCUT2D eigenvalue weighted by Crippen LogP contribution is 2.28.